The Hall–Kier alpha value is -1.37. The van der Waals surface area contributed by atoms with Crippen molar-refractivity contribution in [1.29, 1.82) is 0 Å². The average Bonchev–Trinajstić information content (AvgIpc) is 2.95. The first-order valence-electron chi connectivity index (χ1n) is 8.24. The van der Waals surface area contributed by atoms with Crippen LogP contribution in [0, 0.1) is 0 Å². The van der Waals surface area contributed by atoms with E-state index in [1.165, 1.54) is 11.7 Å². The summed E-state index contributed by atoms with van der Waals surface area (Å²) in [5, 5.41) is 0. The fourth-order valence-corrected chi connectivity index (χ4v) is 3.32. The lowest BCUT2D eigenvalue weighted by molar-refractivity contribution is 0.0905. The van der Waals surface area contributed by atoms with Crippen LogP contribution in [0.15, 0.2) is 24.5 Å². The number of hydrogen-bond donors (Lipinski definition) is 0. The van der Waals surface area contributed by atoms with Gasteiger partial charge in [-0.15, -0.1) is 0 Å². The molecule has 1 aliphatic rings. The highest BCUT2D eigenvalue weighted by Crippen LogP contribution is 2.22. The van der Waals surface area contributed by atoms with E-state index in [0.717, 1.165) is 43.8 Å². The van der Waals surface area contributed by atoms with Crippen molar-refractivity contribution in [1.82, 2.24) is 14.5 Å². The highest BCUT2D eigenvalue weighted by atomic mass is 28.2. The molecular weight excluding hydrogens is 292 g/mol. The fraction of sp³-hybridized carbons (Fsp3) is 0.562. The molecule has 0 aliphatic carbocycles. The molecule has 0 bridgehead atoms. The standard InChI is InChI=1S/C16H26N4OSi/c1-18-5-7-19(8-6-18)14-3-4-16-15(11-14)17-12-20(16)13-21-9-10-22-2/h3-4,11-12H,5-10,13,22H2,1-2H3. The van der Waals surface area contributed by atoms with Gasteiger partial charge in [0, 0.05) is 48.0 Å². The summed E-state index contributed by atoms with van der Waals surface area (Å²) in [6, 6.07) is 7.84. The highest BCUT2D eigenvalue weighted by molar-refractivity contribution is 6.33. The molecule has 22 heavy (non-hydrogen) atoms. The maximum absolute atomic E-state index is 5.73. The molecule has 2 heterocycles. The van der Waals surface area contributed by atoms with Gasteiger partial charge in [-0.2, -0.15) is 0 Å². The second-order valence-corrected chi connectivity index (χ2v) is 7.78. The predicted octanol–water partition coefficient (Wildman–Crippen LogP) is 1.40. The maximum atomic E-state index is 5.73. The van der Waals surface area contributed by atoms with Crippen molar-refractivity contribution in [3.05, 3.63) is 24.5 Å². The van der Waals surface area contributed by atoms with Crippen molar-refractivity contribution < 1.29 is 4.74 Å². The molecule has 1 aliphatic heterocycles. The van der Waals surface area contributed by atoms with Crippen molar-refractivity contribution in [2.24, 2.45) is 0 Å². The number of piperazine rings is 1. The molecule has 1 aromatic carbocycles. The number of ether oxygens (including phenoxy) is 1. The van der Waals surface area contributed by atoms with Gasteiger partial charge in [0.2, 0.25) is 0 Å². The van der Waals surface area contributed by atoms with Crippen LogP contribution in [0.25, 0.3) is 11.0 Å². The molecular formula is C16H26N4OSi. The average molecular weight is 318 g/mol. The van der Waals surface area contributed by atoms with Crippen molar-refractivity contribution in [3.63, 3.8) is 0 Å². The molecule has 2 aromatic rings. The van der Waals surface area contributed by atoms with Gasteiger partial charge in [-0.25, -0.2) is 4.98 Å². The second kappa shape index (κ2) is 7.26. The van der Waals surface area contributed by atoms with Gasteiger partial charge in [-0.3, -0.25) is 0 Å². The third-order valence-corrected chi connectivity index (χ3v) is 5.34. The van der Waals surface area contributed by atoms with E-state index in [2.05, 4.69) is 51.1 Å². The van der Waals surface area contributed by atoms with Crippen LogP contribution in [0.1, 0.15) is 0 Å². The van der Waals surface area contributed by atoms with E-state index in [0.29, 0.717) is 6.73 Å². The summed E-state index contributed by atoms with van der Waals surface area (Å²) in [4.78, 5) is 9.36. The van der Waals surface area contributed by atoms with Crippen LogP contribution in [-0.4, -0.2) is 63.8 Å². The topological polar surface area (TPSA) is 33.5 Å². The molecule has 0 atom stereocenters. The Bertz CT molecular complexity index is 607. The smallest absolute Gasteiger partial charge is 0.124 e. The van der Waals surface area contributed by atoms with Gasteiger partial charge >= 0.3 is 0 Å². The Morgan fingerprint density at radius 1 is 1.23 bits per heavy atom. The fourth-order valence-electron chi connectivity index (χ4n) is 2.83. The summed E-state index contributed by atoms with van der Waals surface area (Å²) in [7, 11) is 2.29. The third kappa shape index (κ3) is 3.51. The van der Waals surface area contributed by atoms with Crippen LogP contribution >= 0.6 is 0 Å². The summed E-state index contributed by atoms with van der Waals surface area (Å²) < 4.78 is 7.82. The van der Waals surface area contributed by atoms with Gasteiger partial charge < -0.3 is 19.1 Å². The zero-order valence-electron chi connectivity index (χ0n) is 13.7. The maximum Gasteiger partial charge on any atom is 0.124 e. The van der Waals surface area contributed by atoms with Crippen molar-refractivity contribution in [2.75, 3.05) is 44.7 Å². The van der Waals surface area contributed by atoms with Crippen molar-refractivity contribution >= 4 is 26.2 Å². The van der Waals surface area contributed by atoms with Crippen LogP contribution in [0.2, 0.25) is 12.6 Å². The van der Waals surface area contributed by atoms with Gasteiger partial charge in [-0.05, 0) is 31.3 Å². The van der Waals surface area contributed by atoms with Gasteiger partial charge in [0.25, 0.3) is 0 Å². The van der Waals surface area contributed by atoms with E-state index in [-0.39, 0.29) is 9.52 Å². The van der Waals surface area contributed by atoms with Gasteiger partial charge in [0.15, 0.2) is 0 Å². The minimum absolute atomic E-state index is 0.106. The summed E-state index contributed by atoms with van der Waals surface area (Å²) >= 11 is 0. The first-order chi connectivity index (χ1) is 10.8. The van der Waals surface area contributed by atoms with E-state index in [1.807, 2.05) is 6.33 Å². The second-order valence-electron chi connectivity index (χ2n) is 6.07. The molecule has 0 spiro atoms. The number of anilines is 1. The van der Waals surface area contributed by atoms with E-state index in [9.17, 15) is 0 Å². The van der Waals surface area contributed by atoms with Gasteiger partial charge in [0.1, 0.15) is 6.73 Å². The van der Waals surface area contributed by atoms with E-state index >= 15 is 0 Å². The lowest BCUT2D eigenvalue weighted by Crippen LogP contribution is -2.44. The first kappa shape index (κ1) is 15.5. The first-order valence-corrected chi connectivity index (χ1v) is 10.7. The zero-order valence-corrected chi connectivity index (χ0v) is 15.1. The number of imidazole rings is 1. The highest BCUT2D eigenvalue weighted by Gasteiger charge is 2.15. The van der Waals surface area contributed by atoms with Gasteiger partial charge in [-0.1, -0.05) is 6.55 Å². The molecule has 3 rings (SSSR count). The summed E-state index contributed by atoms with van der Waals surface area (Å²) in [5.74, 6) is 0. The molecule has 0 saturated carbocycles. The number of benzene rings is 1. The molecule has 1 aromatic heterocycles. The Labute approximate surface area is 134 Å². The van der Waals surface area contributed by atoms with Crippen molar-refractivity contribution in [2.45, 2.75) is 19.3 Å². The third-order valence-electron chi connectivity index (χ3n) is 4.35. The van der Waals surface area contributed by atoms with Crippen molar-refractivity contribution in [3.8, 4) is 0 Å². The number of rotatable bonds is 6. The number of hydrogen-bond acceptors (Lipinski definition) is 4. The Balaban J connectivity index is 1.69. The summed E-state index contributed by atoms with van der Waals surface area (Å²) in [6.07, 6.45) is 1.89. The minimum atomic E-state index is 0.106. The molecule has 120 valence electrons. The summed E-state index contributed by atoms with van der Waals surface area (Å²) in [5.41, 5.74) is 3.50. The van der Waals surface area contributed by atoms with Gasteiger partial charge in [0.05, 0.1) is 17.4 Å². The Morgan fingerprint density at radius 3 is 2.82 bits per heavy atom. The molecule has 0 N–H and O–H groups in total. The minimum Gasteiger partial charge on any atom is -0.369 e. The van der Waals surface area contributed by atoms with E-state index in [4.69, 9.17) is 4.74 Å². The number of fused-ring (bicyclic) bond motifs is 1. The van der Waals surface area contributed by atoms with Crippen LogP contribution in [0.5, 0.6) is 0 Å². The monoisotopic (exact) mass is 318 g/mol. The normalized spacial score (nSPS) is 17.1. The molecule has 1 saturated heterocycles. The molecule has 6 heteroatoms. The predicted molar refractivity (Wildman–Crippen MR) is 94.6 cm³/mol. The Kier molecular flexibility index (Phi) is 5.12. The number of nitrogens with zero attached hydrogens (tertiary/aromatic N) is 4. The van der Waals surface area contributed by atoms with E-state index < -0.39 is 0 Å². The summed E-state index contributed by atoms with van der Waals surface area (Å²) in [6.45, 7) is 8.23. The zero-order chi connectivity index (χ0) is 15.4. The van der Waals surface area contributed by atoms with Crippen LogP contribution in [0.4, 0.5) is 5.69 Å². The number of likely N-dealkylation sites (N-methyl/N-ethyl adjacent to an activating group) is 1. The number of aromatic nitrogens is 2. The quantitative estimate of drug-likeness (QED) is 0.595. The van der Waals surface area contributed by atoms with Crippen LogP contribution in [0.3, 0.4) is 0 Å². The lowest BCUT2D eigenvalue weighted by Gasteiger charge is -2.34. The lowest BCUT2D eigenvalue weighted by atomic mass is 10.2. The van der Waals surface area contributed by atoms with Crippen LogP contribution < -0.4 is 4.90 Å². The molecule has 0 amide bonds. The Morgan fingerprint density at radius 2 is 2.05 bits per heavy atom. The molecule has 0 unspecified atom stereocenters. The molecule has 0 radical (unpaired) electrons. The largest absolute Gasteiger partial charge is 0.369 e. The molecule has 5 nitrogen and oxygen atoms in total. The SMILES string of the molecule is C[SiH2]CCOCn1cnc2cc(N3CCN(C)CC3)ccc21. The molecule has 1 fully saturated rings. The van der Waals surface area contributed by atoms with Crippen LogP contribution in [-0.2, 0) is 11.5 Å². The van der Waals surface area contributed by atoms with E-state index in [1.54, 1.807) is 0 Å².